The maximum atomic E-state index is 13.0. The number of aromatic nitrogens is 3. The highest BCUT2D eigenvalue weighted by atomic mass is 32.1. The van der Waals surface area contributed by atoms with Crippen molar-refractivity contribution in [3.8, 4) is 6.07 Å². The molecule has 9 nitrogen and oxygen atoms in total. The van der Waals surface area contributed by atoms with Gasteiger partial charge in [-0.1, -0.05) is 18.7 Å². The van der Waals surface area contributed by atoms with Gasteiger partial charge in [-0.25, -0.2) is 4.98 Å². The van der Waals surface area contributed by atoms with Gasteiger partial charge >= 0.3 is 0 Å². The second kappa shape index (κ2) is 8.20. The van der Waals surface area contributed by atoms with Crippen molar-refractivity contribution in [2.24, 2.45) is 11.1 Å². The maximum Gasteiger partial charge on any atom is 0.263 e. The molecule has 172 valence electrons. The van der Waals surface area contributed by atoms with E-state index in [4.69, 9.17) is 22.1 Å². The van der Waals surface area contributed by atoms with Crippen molar-refractivity contribution in [1.29, 1.82) is 10.7 Å². The van der Waals surface area contributed by atoms with Gasteiger partial charge in [-0.2, -0.15) is 10.2 Å². The van der Waals surface area contributed by atoms with Gasteiger partial charge in [0, 0.05) is 23.5 Å². The number of nitrogens with two attached hydrogens (primary N) is 2. The number of nitrogens with one attached hydrogen (secondary N) is 2. The van der Waals surface area contributed by atoms with E-state index in [1.165, 1.54) is 4.88 Å². The standard InChI is InChI=1S/C24H24N8OS/c1-13(15-4-2-3-14(9-15)11-25)18(26)17-21(28)30-23(31-22(17)33)32-7-5-24(6-8-32)10-16-19(20(24)27)29-12-34-16/h2-4,9,12,20,26H,1,5-8,10,27H2,(H3,28,30,31,33)/t20-/m1/s1. The highest BCUT2D eigenvalue weighted by Crippen LogP contribution is 2.51. The highest BCUT2D eigenvalue weighted by Gasteiger charge is 2.47. The van der Waals surface area contributed by atoms with Crippen LogP contribution in [-0.4, -0.2) is 33.8 Å². The summed E-state index contributed by atoms with van der Waals surface area (Å²) in [6.45, 7) is 5.31. The van der Waals surface area contributed by atoms with Gasteiger partial charge in [-0.05, 0) is 42.4 Å². The maximum absolute atomic E-state index is 13.0. The first kappa shape index (κ1) is 22.0. The molecule has 1 aliphatic heterocycles. The summed E-state index contributed by atoms with van der Waals surface area (Å²) < 4.78 is 0. The Hall–Kier alpha value is -3.81. The number of allylic oxidation sites excluding steroid dienone is 1. The molecule has 2 aromatic heterocycles. The van der Waals surface area contributed by atoms with Crippen LogP contribution in [0.25, 0.3) is 5.57 Å². The van der Waals surface area contributed by atoms with Crippen LogP contribution in [0.2, 0.25) is 0 Å². The fourth-order valence-corrected chi connectivity index (χ4v) is 5.94. The van der Waals surface area contributed by atoms with Crippen LogP contribution < -0.4 is 21.9 Å². The van der Waals surface area contributed by atoms with Gasteiger partial charge in [0.1, 0.15) is 11.4 Å². The average molecular weight is 473 g/mol. The van der Waals surface area contributed by atoms with Crippen LogP contribution in [0.15, 0.2) is 41.1 Å². The normalized spacial score (nSPS) is 18.5. The van der Waals surface area contributed by atoms with E-state index in [0.29, 0.717) is 35.7 Å². The summed E-state index contributed by atoms with van der Waals surface area (Å²) in [6, 6.07) is 8.71. The number of fused-ring (bicyclic) bond motifs is 1. The largest absolute Gasteiger partial charge is 0.383 e. The summed E-state index contributed by atoms with van der Waals surface area (Å²) in [5.41, 5.74) is 16.3. The Morgan fingerprint density at radius 1 is 1.38 bits per heavy atom. The number of nitrogen functional groups attached to an aromatic ring is 1. The Kier molecular flexibility index (Phi) is 5.31. The molecule has 1 aromatic carbocycles. The zero-order valence-electron chi connectivity index (χ0n) is 18.5. The van der Waals surface area contributed by atoms with Crippen LogP contribution in [0, 0.1) is 22.2 Å². The molecule has 34 heavy (non-hydrogen) atoms. The van der Waals surface area contributed by atoms with Crippen molar-refractivity contribution < 1.29 is 0 Å². The molecule has 5 rings (SSSR count). The number of H-pyrrole nitrogens is 1. The first-order valence-corrected chi connectivity index (χ1v) is 11.8. The highest BCUT2D eigenvalue weighted by molar-refractivity contribution is 7.09. The van der Waals surface area contributed by atoms with Crippen molar-refractivity contribution in [3.63, 3.8) is 0 Å². The third kappa shape index (κ3) is 3.50. The number of anilines is 2. The molecule has 1 spiro atoms. The lowest BCUT2D eigenvalue weighted by Crippen LogP contribution is -2.45. The van der Waals surface area contributed by atoms with Gasteiger partial charge in [0.15, 0.2) is 0 Å². The van der Waals surface area contributed by atoms with E-state index in [1.807, 2.05) is 10.4 Å². The molecule has 0 radical (unpaired) electrons. The van der Waals surface area contributed by atoms with E-state index < -0.39 is 5.56 Å². The van der Waals surface area contributed by atoms with Crippen LogP contribution in [-0.2, 0) is 6.42 Å². The molecule has 0 amide bonds. The lowest BCUT2D eigenvalue weighted by Gasteiger charge is -2.42. The number of hydrogen-bond acceptors (Lipinski definition) is 9. The number of nitriles is 1. The molecule has 1 saturated heterocycles. The summed E-state index contributed by atoms with van der Waals surface area (Å²) in [5.74, 6) is 0.371. The minimum Gasteiger partial charge on any atom is -0.383 e. The molecule has 1 aliphatic carbocycles. The van der Waals surface area contributed by atoms with E-state index in [9.17, 15) is 4.79 Å². The lowest BCUT2D eigenvalue weighted by atomic mass is 9.74. The number of piperidine rings is 1. The van der Waals surface area contributed by atoms with Gasteiger partial charge in [0.05, 0.1) is 34.6 Å². The molecular formula is C24H24N8OS. The second-order valence-electron chi connectivity index (χ2n) is 8.86. The number of rotatable bonds is 4. The summed E-state index contributed by atoms with van der Waals surface area (Å²) in [6.07, 6.45) is 2.67. The molecule has 0 unspecified atom stereocenters. The third-order valence-electron chi connectivity index (χ3n) is 7.02. The van der Waals surface area contributed by atoms with E-state index in [0.717, 1.165) is 25.0 Å². The predicted octanol–water partition coefficient (Wildman–Crippen LogP) is 2.60. The van der Waals surface area contributed by atoms with Crippen LogP contribution >= 0.6 is 11.3 Å². The molecule has 1 fully saturated rings. The Morgan fingerprint density at radius 3 is 2.82 bits per heavy atom. The number of thiazole rings is 1. The fraction of sp³-hybridized carbons (Fsp3) is 0.292. The molecule has 1 atom stereocenters. The lowest BCUT2D eigenvalue weighted by molar-refractivity contribution is 0.185. The first-order chi connectivity index (χ1) is 16.3. The van der Waals surface area contributed by atoms with Gasteiger partial charge in [-0.15, -0.1) is 11.3 Å². The second-order valence-corrected chi connectivity index (χ2v) is 9.80. The quantitative estimate of drug-likeness (QED) is 0.424. The summed E-state index contributed by atoms with van der Waals surface area (Å²) in [7, 11) is 0. The number of hydrogen-bond donors (Lipinski definition) is 4. The van der Waals surface area contributed by atoms with Crippen LogP contribution in [0.3, 0.4) is 0 Å². The SMILES string of the molecule is C=C(C(=N)c1c(N)nc(N2CCC3(CC2)Cc2scnc2[C@H]3N)[nH]c1=O)c1cccc(C#N)c1. The molecular weight excluding hydrogens is 448 g/mol. The van der Waals surface area contributed by atoms with Gasteiger partial charge in [0.25, 0.3) is 5.56 Å². The van der Waals surface area contributed by atoms with Crippen LogP contribution in [0.1, 0.15) is 46.1 Å². The molecule has 10 heteroatoms. The topological polar surface area (TPSA) is 162 Å². The predicted molar refractivity (Wildman–Crippen MR) is 133 cm³/mol. The van der Waals surface area contributed by atoms with Crippen molar-refractivity contribution in [1.82, 2.24) is 15.0 Å². The molecule has 3 aromatic rings. The fourth-order valence-electron chi connectivity index (χ4n) is 4.98. The molecule has 6 N–H and O–H groups in total. The van der Waals surface area contributed by atoms with Crippen molar-refractivity contribution in [2.75, 3.05) is 23.7 Å². The van der Waals surface area contributed by atoms with E-state index >= 15 is 0 Å². The van der Waals surface area contributed by atoms with Crippen LogP contribution in [0.4, 0.5) is 11.8 Å². The molecule has 0 bridgehead atoms. The zero-order valence-corrected chi connectivity index (χ0v) is 19.3. The van der Waals surface area contributed by atoms with Crippen LogP contribution in [0.5, 0.6) is 0 Å². The van der Waals surface area contributed by atoms with Crippen molar-refractivity contribution >= 4 is 34.4 Å². The molecule has 3 heterocycles. The van der Waals surface area contributed by atoms with Crippen molar-refractivity contribution in [3.05, 3.63) is 74.0 Å². The Balaban J connectivity index is 1.34. The molecule has 0 saturated carbocycles. The number of benzene rings is 1. The monoisotopic (exact) mass is 472 g/mol. The summed E-state index contributed by atoms with van der Waals surface area (Å²) >= 11 is 1.67. The minimum absolute atomic E-state index is 0.00443. The zero-order chi connectivity index (χ0) is 24.0. The Morgan fingerprint density at radius 2 is 2.15 bits per heavy atom. The van der Waals surface area contributed by atoms with E-state index in [1.54, 1.807) is 35.6 Å². The molecule has 2 aliphatic rings. The Bertz CT molecular complexity index is 1410. The van der Waals surface area contributed by atoms with Crippen molar-refractivity contribution in [2.45, 2.75) is 25.3 Å². The van der Waals surface area contributed by atoms with Gasteiger partial charge in [0.2, 0.25) is 5.95 Å². The number of aromatic amines is 1. The minimum atomic E-state index is -0.491. The van der Waals surface area contributed by atoms with Gasteiger partial charge < -0.3 is 16.4 Å². The van der Waals surface area contributed by atoms with Gasteiger partial charge in [-0.3, -0.25) is 15.2 Å². The van der Waals surface area contributed by atoms with E-state index in [-0.39, 0.29) is 28.5 Å². The summed E-state index contributed by atoms with van der Waals surface area (Å²) in [4.78, 5) is 27.9. The van der Waals surface area contributed by atoms with E-state index in [2.05, 4.69) is 27.6 Å². The summed E-state index contributed by atoms with van der Waals surface area (Å²) in [5, 5.41) is 17.6. The first-order valence-electron chi connectivity index (χ1n) is 10.9. The Labute approximate surface area is 200 Å². The smallest absolute Gasteiger partial charge is 0.263 e. The third-order valence-corrected chi connectivity index (χ3v) is 7.87. The number of nitrogens with zero attached hydrogens (tertiary/aromatic N) is 4. The average Bonchev–Trinajstić information content (AvgIpc) is 3.39.